The number of fused-ring (bicyclic) bond motifs is 1. The van der Waals surface area contributed by atoms with Gasteiger partial charge in [0.2, 0.25) is 11.8 Å². The van der Waals surface area contributed by atoms with Crippen molar-refractivity contribution < 1.29 is 28.6 Å². The van der Waals surface area contributed by atoms with Crippen LogP contribution in [0.4, 0.5) is 11.4 Å². The molecular weight excluding hydrogens is 498 g/mol. The summed E-state index contributed by atoms with van der Waals surface area (Å²) in [5.74, 6) is -3.15. The predicted molar refractivity (Wildman–Crippen MR) is 131 cm³/mol. The van der Waals surface area contributed by atoms with Crippen molar-refractivity contribution in [2.75, 3.05) is 5.32 Å². The average molecular weight is 517 g/mol. The van der Waals surface area contributed by atoms with E-state index in [1.807, 2.05) is 6.07 Å². The van der Waals surface area contributed by atoms with Crippen molar-refractivity contribution in [1.82, 2.24) is 9.97 Å². The number of carbonyl (C=O) groups excluding carboxylic acids is 3. The first-order chi connectivity index (χ1) is 18.1. The van der Waals surface area contributed by atoms with Crippen LogP contribution in [-0.4, -0.2) is 39.8 Å². The Labute approximate surface area is 214 Å². The summed E-state index contributed by atoms with van der Waals surface area (Å²) < 4.78 is 17.2. The molecule has 0 fully saturated rings. The summed E-state index contributed by atoms with van der Waals surface area (Å²) in [6.45, 7) is 0. The van der Waals surface area contributed by atoms with Crippen LogP contribution in [0.15, 0.2) is 47.5 Å². The van der Waals surface area contributed by atoms with Gasteiger partial charge in [0.25, 0.3) is 17.7 Å². The minimum Gasteiger partial charge on any atom is -0.462 e. The fourth-order valence-corrected chi connectivity index (χ4v) is 3.28. The van der Waals surface area contributed by atoms with Crippen molar-refractivity contribution in [2.45, 2.75) is 12.5 Å². The van der Waals surface area contributed by atoms with Crippen LogP contribution in [0.2, 0.25) is 0 Å². The SMILES string of the molecule is N#Cc1ccc(C(N)=O)c(Oc2nc(Oc3ccccc3N=C(N)N)nc3c2NC(=O)C(CC(N)=O)O3)c1. The van der Waals surface area contributed by atoms with E-state index in [0.717, 1.165) is 0 Å². The van der Waals surface area contributed by atoms with Gasteiger partial charge in [0.1, 0.15) is 11.4 Å². The molecule has 4 rings (SSSR count). The molecule has 0 aliphatic carbocycles. The van der Waals surface area contributed by atoms with Gasteiger partial charge in [0.15, 0.2) is 23.5 Å². The fourth-order valence-electron chi connectivity index (χ4n) is 3.28. The van der Waals surface area contributed by atoms with Gasteiger partial charge in [-0.05, 0) is 30.3 Å². The number of rotatable bonds is 8. The van der Waals surface area contributed by atoms with Gasteiger partial charge < -0.3 is 42.5 Å². The van der Waals surface area contributed by atoms with Crippen LogP contribution in [0.25, 0.3) is 0 Å². The summed E-state index contributed by atoms with van der Waals surface area (Å²) in [7, 11) is 0. The van der Waals surface area contributed by atoms with Gasteiger partial charge in [-0.3, -0.25) is 14.4 Å². The summed E-state index contributed by atoms with van der Waals surface area (Å²) in [6.07, 6.45) is -1.74. The van der Waals surface area contributed by atoms with E-state index in [4.69, 9.17) is 37.1 Å². The average Bonchev–Trinajstić information content (AvgIpc) is 2.85. The van der Waals surface area contributed by atoms with Gasteiger partial charge in [-0.15, -0.1) is 0 Å². The molecule has 192 valence electrons. The Morgan fingerprint density at radius 1 is 1.08 bits per heavy atom. The van der Waals surface area contributed by atoms with Gasteiger partial charge >= 0.3 is 6.01 Å². The van der Waals surface area contributed by atoms with E-state index in [1.54, 1.807) is 18.2 Å². The third kappa shape index (κ3) is 5.49. The predicted octanol–water partition coefficient (Wildman–Crippen LogP) is 0.512. The Morgan fingerprint density at radius 2 is 1.84 bits per heavy atom. The highest BCUT2D eigenvalue weighted by molar-refractivity contribution is 6.01. The zero-order valence-electron chi connectivity index (χ0n) is 19.4. The first-order valence-corrected chi connectivity index (χ1v) is 10.7. The highest BCUT2D eigenvalue weighted by atomic mass is 16.5. The summed E-state index contributed by atoms with van der Waals surface area (Å²) in [5, 5.41) is 11.8. The molecule has 0 radical (unpaired) electrons. The monoisotopic (exact) mass is 517 g/mol. The molecule has 1 aliphatic heterocycles. The molecule has 1 aliphatic rings. The molecule has 0 saturated heterocycles. The topological polar surface area (TPSA) is 257 Å². The number of benzene rings is 2. The van der Waals surface area contributed by atoms with Crippen molar-refractivity contribution in [3.05, 3.63) is 53.6 Å². The zero-order chi connectivity index (χ0) is 27.4. The number of hydrogen-bond donors (Lipinski definition) is 5. The first-order valence-electron chi connectivity index (χ1n) is 10.7. The lowest BCUT2D eigenvalue weighted by molar-refractivity contribution is -0.129. The third-order valence-electron chi connectivity index (χ3n) is 4.90. The maximum absolute atomic E-state index is 12.6. The molecule has 3 amide bonds. The number of nitriles is 1. The largest absolute Gasteiger partial charge is 0.462 e. The standard InChI is InChI=1S/C23H19N9O6/c24-9-10-5-6-11(18(26)34)14(7-10)36-20-17-21(37-15(8-16(25)33)19(35)30-17)32-23(31-20)38-13-4-2-1-3-12(13)29-22(27)28/h1-7,15H,8H2,(H2,25,33)(H2,26,34)(H,30,35)(H4,27,28,29). The molecule has 1 atom stereocenters. The number of primary amides is 2. The van der Waals surface area contributed by atoms with Gasteiger partial charge in [0, 0.05) is 0 Å². The lowest BCUT2D eigenvalue weighted by atomic mass is 10.1. The fraction of sp³-hybridized carbons (Fsp3) is 0.0870. The number of nitrogens with one attached hydrogen (secondary N) is 1. The van der Waals surface area contributed by atoms with Crippen molar-refractivity contribution in [1.29, 1.82) is 5.26 Å². The summed E-state index contributed by atoms with van der Waals surface area (Å²) in [5.41, 5.74) is 21.8. The highest BCUT2D eigenvalue weighted by Gasteiger charge is 2.34. The number of anilines is 1. The lowest BCUT2D eigenvalue weighted by Gasteiger charge is -2.25. The van der Waals surface area contributed by atoms with E-state index in [9.17, 15) is 19.6 Å². The Kier molecular flexibility index (Phi) is 6.88. The van der Waals surface area contributed by atoms with Crippen LogP contribution < -0.4 is 42.5 Å². The molecule has 1 unspecified atom stereocenters. The number of guanidine groups is 1. The zero-order valence-corrected chi connectivity index (χ0v) is 19.4. The molecule has 2 aromatic carbocycles. The summed E-state index contributed by atoms with van der Waals surface area (Å²) >= 11 is 0. The van der Waals surface area contributed by atoms with Crippen molar-refractivity contribution in [3.63, 3.8) is 0 Å². The smallest absolute Gasteiger partial charge is 0.328 e. The molecule has 38 heavy (non-hydrogen) atoms. The van der Waals surface area contributed by atoms with E-state index in [0.29, 0.717) is 0 Å². The Bertz CT molecular complexity index is 1530. The molecule has 9 N–H and O–H groups in total. The molecule has 15 nitrogen and oxygen atoms in total. The van der Waals surface area contributed by atoms with E-state index in [2.05, 4.69) is 20.3 Å². The van der Waals surface area contributed by atoms with Gasteiger partial charge in [0.05, 0.1) is 23.6 Å². The molecule has 0 spiro atoms. The van der Waals surface area contributed by atoms with Crippen molar-refractivity contribution in [3.8, 4) is 35.3 Å². The Morgan fingerprint density at radius 3 is 2.53 bits per heavy atom. The lowest BCUT2D eigenvalue weighted by Crippen LogP contribution is -2.40. The van der Waals surface area contributed by atoms with Crippen molar-refractivity contribution in [2.24, 2.45) is 27.9 Å². The summed E-state index contributed by atoms with van der Waals surface area (Å²) in [6, 6.07) is 11.9. The normalized spacial score (nSPS) is 13.7. The maximum Gasteiger partial charge on any atom is 0.328 e. The quantitative estimate of drug-likeness (QED) is 0.203. The van der Waals surface area contributed by atoms with E-state index >= 15 is 0 Å². The number of hydrogen-bond acceptors (Lipinski definition) is 10. The number of ether oxygens (including phenoxy) is 3. The number of aromatic nitrogens is 2. The van der Waals surface area contributed by atoms with Gasteiger partial charge in [-0.1, -0.05) is 12.1 Å². The molecule has 0 saturated carbocycles. The number of carbonyl (C=O) groups is 3. The van der Waals surface area contributed by atoms with E-state index in [1.165, 1.54) is 24.3 Å². The van der Waals surface area contributed by atoms with Crippen LogP contribution in [0.1, 0.15) is 22.3 Å². The minimum absolute atomic E-state index is 0.0772. The molecular formula is C23H19N9O6. The molecule has 3 aromatic rings. The van der Waals surface area contributed by atoms with Crippen LogP contribution in [0.3, 0.4) is 0 Å². The molecule has 15 heteroatoms. The maximum atomic E-state index is 12.6. The molecule has 1 aromatic heterocycles. The second-order valence-electron chi connectivity index (χ2n) is 7.65. The van der Waals surface area contributed by atoms with Gasteiger partial charge in [-0.2, -0.15) is 15.2 Å². The van der Waals surface area contributed by atoms with E-state index < -0.39 is 30.2 Å². The number of para-hydroxylation sites is 2. The third-order valence-corrected chi connectivity index (χ3v) is 4.90. The van der Waals surface area contributed by atoms with Gasteiger partial charge in [-0.25, -0.2) is 4.99 Å². The number of amides is 3. The van der Waals surface area contributed by atoms with Crippen LogP contribution in [0.5, 0.6) is 29.3 Å². The van der Waals surface area contributed by atoms with Crippen LogP contribution in [0, 0.1) is 11.3 Å². The molecule has 0 bridgehead atoms. The first kappa shape index (κ1) is 25.2. The summed E-state index contributed by atoms with van der Waals surface area (Å²) in [4.78, 5) is 48.2. The van der Waals surface area contributed by atoms with E-state index in [-0.39, 0.29) is 57.7 Å². The minimum atomic E-state index is -1.30. The molecule has 2 heterocycles. The van der Waals surface area contributed by atoms with Crippen LogP contribution in [-0.2, 0) is 9.59 Å². The highest BCUT2D eigenvalue weighted by Crippen LogP contribution is 2.41. The van der Waals surface area contributed by atoms with Crippen LogP contribution >= 0.6 is 0 Å². The second-order valence-corrected chi connectivity index (χ2v) is 7.65. The number of aliphatic imine (C=N–C) groups is 1. The number of nitrogens with zero attached hydrogens (tertiary/aromatic N) is 4. The van der Waals surface area contributed by atoms with Crippen molar-refractivity contribution >= 4 is 35.1 Å². The second kappa shape index (κ2) is 10.4. The Balaban J connectivity index is 1.83. The number of nitrogens with two attached hydrogens (primary N) is 4. The Hall–Kier alpha value is -5.91.